The average Bonchev–Trinajstić information content (AvgIpc) is 2.59. The van der Waals surface area contributed by atoms with Crippen LogP contribution in [0.25, 0.3) is 0 Å². The van der Waals surface area contributed by atoms with Crippen LogP contribution in [0.3, 0.4) is 0 Å². The molecule has 0 saturated heterocycles. The number of rotatable bonds is 10. The van der Waals surface area contributed by atoms with Crippen molar-refractivity contribution >= 4 is 30.1 Å². The molecule has 0 aliphatic carbocycles. The number of hydrogen-bond donors (Lipinski definition) is 2. The Morgan fingerprint density at radius 3 is 2.06 bits per heavy atom. The zero-order valence-electron chi connectivity index (χ0n) is 19.3. The highest BCUT2D eigenvalue weighted by atomic mass is 16.6. The summed E-state index contributed by atoms with van der Waals surface area (Å²) in [6.07, 6.45) is -1.000. The zero-order valence-corrected chi connectivity index (χ0v) is 19.3. The second kappa shape index (κ2) is 12.8. The van der Waals surface area contributed by atoms with E-state index in [0.29, 0.717) is 12.8 Å². The number of amides is 2. The van der Waals surface area contributed by atoms with Crippen molar-refractivity contribution in [1.29, 1.82) is 0 Å². The van der Waals surface area contributed by atoms with Gasteiger partial charge in [0.05, 0.1) is 7.11 Å². The van der Waals surface area contributed by atoms with E-state index in [4.69, 9.17) is 9.47 Å². The molecule has 0 aliphatic rings. The van der Waals surface area contributed by atoms with Gasteiger partial charge in [0.1, 0.15) is 17.2 Å². The van der Waals surface area contributed by atoms with Crippen molar-refractivity contribution in [2.75, 3.05) is 13.7 Å². The number of nitrogens with one attached hydrogen (secondary N) is 2. The van der Waals surface area contributed by atoms with E-state index in [1.807, 2.05) is 0 Å². The summed E-state index contributed by atoms with van der Waals surface area (Å²) in [6.45, 7) is 9.69. The van der Waals surface area contributed by atoms with Crippen molar-refractivity contribution in [3.05, 3.63) is 0 Å². The first kappa shape index (κ1) is 28.1. The van der Waals surface area contributed by atoms with Crippen LogP contribution in [0.15, 0.2) is 0 Å². The molecule has 0 spiro atoms. The van der Waals surface area contributed by atoms with Gasteiger partial charge in [0.15, 0.2) is 0 Å². The van der Waals surface area contributed by atoms with Gasteiger partial charge in [0, 0.05) is 19.9 Å². The van der Waals surface area contributed by atoms with Crippen molar-refractivity contribution in [2.45, 2.75) is 84.5 Å². The minimum Gasteiger partial charge on any atom is -0.469 e. The van der Waals surface area contributed by atoms with Crippen molar-refractivity contribution in [2.24, 2.45) is 0 Å². The topological polar surface area (TPSA) is 146 Å². The van der Waals surface area contributed by atoms with E-state index in [9.17, 15) is 24.0 Å². The molecule has 0 fully saturated rings. The summed E-state index contributed by atoms with van der Waals surface area (Å²) in [5.74, 6) is -1.99. The molecule has 0 bridgehead atoms. The Bertz CT molecular complexity index is 654. The van der Waals surface area contributed by atoms with Crippen molar-refractivity contribution in [3.63, 3.8) is 0 Å². The van der Waals surface area contributed by atoms with Gasteiger partial charge in [-0.3, -0.25) is 9.59 Å². The fraction of sp³-hybridized carbons (Fsp3) is 0.750. The smallest absolute Gasteiger partial charge is 0.414 e. The lowest BCUT2D eigenvalue weighted by atomic mass is 10.0. The van der Waals surface area contributed by atoms with E-state index in [2.05, 4.69) is 20.1 Å². The third-order valence-corrected chi connectivity index (χ3v) is 3.68. The van der Waals surface area contributed by atoms with Crippen molar-refractivity contribution < 1.29 is 42.9 Å². The first-order chi connectivity index (χ1) is 14.1. The average molecular weight is 446 g/mol. The largest absolute Gasteiger partial charge is 0.469 e. The first-order valence-electron chi connectivity index (χ1n) is 9.90. The molecule has 178 valence electrons. The zero-order chi connectivity index (χ0) is 24.2. The Morgan fingerprint density at radius 2 is 1.55 bits per heavy atom. The minimum absolute atomic E-state index is 0.0285. The van der Waals surface area contributed by atoms with E-state index in [1.165, 1.54) is 7.11 Å². The Kier molecular flexibility index (Phi) is 11.6. The number of hydrogen-bond acceptors (Lipinski definition) is 9. The van der Waals surface area contributed by atoms with E-state index in [0.717, 1.165) is 6.92 Å². The molecule has 0 radical (unpaired) electrons. The van der Waals surface area contributed by atoms with Gasteiger partial charge in [-0.2, -0.15) is 0 Å². The molecule has 11 heteroatoms. The summed E-state index contributed by atoms with van der Waals surface area (Å²) in [7, 11) is 1.22. The quantitative estimate of drug-likeness (QED) is 0.223. The van der Waals surface area contributed by atoms with Gasteiger partial charge in [-0.25, -0.2) is 14.4 Å². The molecule has 31 heavy (non-hydrogen) atoms. The van der Waals surface area contributed by atoms with Crippen molar-refractivity contribution in [1.82, 2.24) is 10.6 Å². The SMILES string of the molecule is COC(=O)CC[C@H](NC(=O)OC(C)(C)C)C(=O)OC(C)(C)CCCNC(=O)OC(C)=O. The number of carbonyl (C=O) groups excluding carboxylic acids is 5. The van der Waals surface area contributed by atoms with Crippen LogP contribution in [0.5, 0.6) is 0 Å². The van der Waals surface area contributed by atoms with Gasteiger partial charge in [0.25, 0.3) is 0 Å². The van der Waals surface area contributed by atoms with E-state index >= 15 is 0 Å². The van der Waals surface area contributed by atoms with Crippen molar-refractivity contribution in [3.8, 4) is 0 Å². The maximum Gasteiger partial charge on any atom is 0.414 e. The van der Waals surface area contributed by atoms with E-state index < -0.39 is 47.3 Å². The molecule has 0 heterocycles. The molecule has 2 N–H and O–H groups in total. The van der Waals surface area contributed by atoms with Gasteiger partial charge in [-0.15, -0.1) is 0 Å². The van der Waals surface area contributed by atoms with Gasteiger partial charge in [-0.05, 0) is 53.9 Å². The molecule has 2 amide bonds. The second-order valence-corrected chi connectivity index (χ2v) is 8.41. The van der Waals surface area contributed by atoms with Crippen LogP contribution in [0, 0.1) is 0 Å². The third-order valence-electron chi connectivity index (χ3n) is 3.68. The molecule has 0 aromatic rings. The van der Waals surface area contributed by atoms with E-state index in [-0.39, 0.29) is 19.4 Å². The normalized spacial score (nSPS) is 12.2. The number of alkyl carbamates (subject to hydrolysis) is 2. The van der Waals surface area contributed by atoms with Crippen LogP contribution < -0.4 is 10.6 Å². The molecule has 0 aromatic heterocycles. The number of esters is 3. The summed E-state index contributed by atoms with van der Waals surface area (Å²) >= 11 is 0. The van der Waals surface area contributed by atoms with E-state index in [1.54, 1.807) is 34.6 Å². The summed E-state index contributed by atoms with van der Waals surface area (Å²) in [5, 5.41) is 4.83. The summed E-state index contributed by atoms with van der Waals surface area (Å²) < 4.78 is 19.6. The first-order valence-corrected chi connectivity index (χ1v) is 9.90. The Hall–Kier alpha value is -2.85. The standard InChI is InChI=1S/C20H34N2O9/c1-13(23)29-17(26)21-12-8-11-20(5,6)30-16(25)14(9-10-15(24)28-7)22-18(27)31-19(2,3)4/h14H,8-12H2,1-7H3,(H,21,26)(H,22,27)/t14-/m0/s1. The highest BCUT2D eigenvalue weighted by Crippen LogP contribution is 2.19. The molecular weight excluding hydrogens is 412 g/mol. The lowest BCUT2D eigenvalue weighted by Gasteiger charge is -2.28. The maximum atomic E-state index is 12.7. The third kappa shape index (κ3) is 14.7. The van der Waals surface area contributed by atoms with Crippen LogP contribution in [-0.2, 0) is 33.3 Å². The van der Waals surface area contributed by atoms with Crippen LogP contribution in [0.1, 0.15) is 67.2 Å². The molecule has 11 nitrogen and oxygen atoms in total. The number of methoxy groups -OCH3 is 1. The minimum atomic E-state index is -1.11. The predicted molar refractivity (Wildman–Crippen MR) is 109 cm³/mol. The molecule has 0 saturated carbocycles. The summed E-state index contributed by atoms with van der Waals surface area (Å²) in [4.78, 5) is 58.1. The number of ether oxygens (including phenoxy) is 4. The van der Waals surface area contributed by atoms with Gasteiger partial charge in [0.2, 0.25) is 0 Å². The van der Waals surface area contributed by atoms with Gasteiger partial charge < -0.3 is 29.6 Å². The fourth-order valence-electron chi connectivity index (χ4n) is 2.33. The fourth-order valence-corrected chi connectivity index (χ4v) is 2.33. The van der Waals surface area contributed by atoms with Crippen LogP contribution in [0.4, 0.5) is 9.59 Å². The lowest BCUT2D eigenvalue weighted by molar-refractivity contribution is -0.160. The molecular formula is C20H34N2O9. The summed E-state index contributed by atoms with van der Waals surface area (Å²) in [5.41, 5.74) is -1.70. The highest BCUT2D eigenvalue weighted by molar-refractivity contribution is 5.83. The van der Waals surface area contributed by atoms with Gasteiger partial charge in [-0.1, -0.05) is 0 Å². The molecule has 0 aromatic carbocycles. The van der Waals surface area contributed by atoms with Crippen LogP contribution in [-0.4, -0.2) is 61.0 Å². The Labute approximate surface area is 182 Å². The highest BCUT2D eigenvalue weighted by Gasteiger charge is 2.31. The van der Waals surface area contributed by atoms with Crippen LogP contribution >= 0.6 is 0 Å². The summed E-state index contributed by atoms with van der Waals surface area (Å²) in [6, 6.07) is -1.11. The molecule has 0 aliphatic heterocycles. The Morgan fingerprint density at radius 1 is 0.935 bits per heavy atom. The number of carbonyl (C=O) groups is 5. The molecule has 0 unspecified atom stereocenters. The van der Waals surface area contributed by atoms with Crippen LogP contribution in [0.2, 0.25) is 0 Å². The monoisotopic (exact) mass is 446 g/mol. The molecule has 1 atom stereocenters. The maximum absolute atomic E-state index is 12.7. The Balaban J connectivity index is 4.83. The van der Waals surface area contributed by atoms with Gasteiger partial charge >= 0.3 is 30.1 Å². The second-order valence-electron chi connectivity index (χ2n) is 8.41. The predicted octanol–water partition coefficient (Wildman–Crippen LogP) is 2.21. The molecule has 0 rings (SSSR count). The lowest BCUT2D eigenvalue weighted by Crippen LogP contribution is -2.46.